The molecule has 6 unspecified atom stereocenters. The minimum Gasteiger partial charge on any atom is -0.457 e. The number of ether oxygens (including phenoxy) is 4. The van der Waals surface area contributed by atoms with Gasteiger partial charge in [0.25, 0.3) is 0 Å². The molecule has 0 aromatic rings. The molecule has 0 radical (unpaired) electrons. The molecule has 6 atom stereocenters. The largest absolute Gasteiger partial charge is 0.457 e. The molecule has 1 heterocycles. The van der Waals surface area contributed by atoms with Gasteiger partial charge in [-0.2, -0.15) is 8.42 Å². The van der Waals surface area contributed by atoms with Crippen molar-refractivity contribution >= 4 is 16.4 Å². The molecule has 0 bridgehead atoms. The monoisotopic (exact) mass is 951 g/mol. The summed E-state index contributed by atoms with van der Waals surface area (Å²) in [7, 11) is -5.06. The van der Waals surface area contributed by atoms with Gasteiger partial charge < -0.3 is 34.3 Å². The normalized spacial score (nSPS) is 19.5. The molecular weight excluding hydrogens is 849 g/mol. The molecule has 1 saturated heterocycles. The lowest BCUT2D eigenvalue weighted by Crippen LogP contribution is -2.60. The van der Waals surface area contributed by atoms with Gasteiger partial charge in [-0.15, -0.1) is 0 Å². The van der Waals surface area contributed by atoms with E-state index in [0.29, 0.717) is 13.0 Å². The van der Waals surface area contributed by atoms with Crippen LogP contribution in [0.1, 0.15) is 264 Å². The van der Waals surface area contributed by atoms with E-state index >= 15 is 0 Å². The van der Waals surface area contributed by atoms with Crippen LogP contribution in [0.15, 0.2) is 0 Å². The fraction of sp³-hybridized carbons (Fsp3) is 0.981. The first-order valence-electron chi connectivity index (χ1n) is 27.3. The van der Waals surface area contributed by atoms with Gasteiger partial charge in [-0.1, -0.05) is 245 Å². The van der Waals surface area contributed by atoms with Crippen LogP contribution >= 0.6 is 0 Å². The van der Waals surface area contributed by atoms with Crippen LogP contribution in [0.2, 0.25) is 0 Å². The molecule has 1 aliphatic rings. The first kappa shape index (κ1) is 62.1. The molecule has 1 fully saturated rings. The van der Waals surface area contributed by atoms with E-state index < -0.39 is 53.8 Å². The SMILES string of the molecule is CCCCCCCCCCCCCCCCCCCCCCCCC(=O)OC(COCCCCCCCCCCCCCCCCCC)COC1OC(CO)C(O)C(OS(=O)(=O)O)C1O. The van der Waals surface area contributed by atoms with E-state index in [9.17, 15) is 33.1 Å². The number of aliphatic hydroxyl groups excluding tert-OH is 3. The summed E-state index contributed by atoms with van der Waals surface area (Å²) in [5.74, 6) is -0.390. The summed E-state index contributed by atoms with van der Waals surface area (Å²) in [6.07, 6.45) is 39.9. The van der Waals surface area contributed by atoms with Gasteiger partial charge in [0.05, 0.1) is 19.8 Å². The van der Waals surface area contributed by atoms with Gasteiger partial charge in [-0.3, -0.25) is 9.35 Å². The van der Waals surface area contributed by atoms with Gasteiger partial charge in [0.1, 0.15) is 30.5 Å². The Labute approximate surface area is 398 Å². The van der Waals surface area contributed by atoms with Gasteiger partial charge >= 0.3 is 16.4 Å². The lowest BCUT2D eigenvalue weighted by atomic mass is 9.99. The van der Waals surface area contributed by atoms with E-state index in [0.717, 1.165) is 38.5 Å². The molecule has 0 aliphatic carbocycles. The topological polar surface area (TPSA) is 178 Å². The zero-order chi connectivity index (χ0) is 47.5. The molecule has 0 spiro atoms. The van der Waals surface area contributed by atoms with Crippen LogP contribution in [0.5, 0.6) is 0 Å². The molecule has 0 saturated carbocycles. The highest BCUT2D eigenvalue weighted by atomic mass is 32.3. The zero-order valence-corrected chi connectivity index (χ0v) is 42.6. The van der Waals surface area contributed by atoms with Crippen molar-refractivity contribution in [1.29, 1.82) is 0 Å². The summed E-state index contributed by atoms with van der Waals surface area (Å²) in [4.78, 5) is 12.9. The highest BCUT2D eigenvalue weighted by Crippen LogP contribution is 2.26. The van der Waals surface area contributed by atoms with Crippen LogP contribution in [0.4, 0.5) is 0 Å². The van der Waals surface area contributed by atoms with Crippen LogP contribution in [0, 0.1) is 0 Å². The number of esters is 1. The lowest BCUT2D eigenvalue weighted by Gasteiger charge is -2.41. The van der Waals surface area contributed by atoms with Crippen molar-refractivity contribution < 1.29 is 56.2 Å². The third kappa shape index (κ3) is 37.6. The van der Waals surface area contributed by atoms with Gasteiger partial charge in [-0.05, 0) is 12.8 Å². The van der Waals surface area contributed by atoms with Gasteiger partial charge in [0.15, 0.2) is 6.29 Å². The maximum Gasteiger partial charge on any atom is 0.397 e. The van der Waals surface area contributed by atoms with E-state index in [2.05, 4.69) is 18.0 Å². The summed E-state index contributed by atoms with van der Waals surface area (Å²) in [5.41, 5.74) is 0. The quantitative estimate of drug-likeness (QED) is 0.0258. The van der Waals surface area contributed by atoms with Crippen LogP contribution in [0.25, 0.3) is 0 Å². The number of rotatable bonds is 49. The molecule has 1 rings (SSSR count). The molecule has 0 amide bonds. The molecule has 4 N–H and O–H groups in total. The summed E-state index contributed by atoms with van der Waals surface area (Å²) in [6, 6.07) is 0. The molecule has 0 aromatic carbocycles. The minimum atomic E-state index is -5.06. The molecule has 65 heavy (non-hydrogen) atoms. The smallest absolute Gasteiger partial charge is 0.397 e. The Morgan fingerprint density at radius 1 is 0.523 bits per heavy atom. The van der Waals surface area contributed by atoms with Gasteiger partial charge in [0.2, 0.25) is 0 Å². The standard InChI is InChI=1S/C52H102O12S/c1-3-5-7-9-11-13-15-17-19-21-22-23-24-25-26-27-29-31-33-35-37-39-41-48(54)62-46(45-61-52-50(56)51(64-65(57,58)59)49(55)47(43-53)63-52)44-60-42-40-38-36-34-32-30-28-20-18-16-14-12-10-8-6-4-2/h46-47,49-53,55-56H,3-45H2,1-2H3,(H,57,58,59). The number of carbonyl (C=O) groups excluding carboxylic acids is 1. The average molecular weight is 951 g/mol. The third-order valence-electron chi connectivity index (χ3n) is 13.0. The summed E-state index contributed by atoms with van der Waals surface area (Å²) in [6.45, 7) is 4.07. The van der Waals surface area contributed by atoms with Crippen molar-refractivity contribution in [3.8, 4) is 0 Å². The lowest BCUT2D eigenvalue weighted by molar-refractivity contribution is -0.301. The van der Waals surface area contributed by atoms with Crippen molar-refractivity contribution in [2.45, 2.75) is 301 Å². The highest BCUT2D eigenvalue weighted by Gasteiger charge is 2.48. The second-order valence-electron chi connectivity index (χ2n) is 19.2. The summed E-state index contributed by atoms with van der Waals surface area (Å²) in [5, 5.41) is 30.8. The molecule has 13 heteroatoms. The third-order valence-corrected chi connectivity index (χ3v) is 13.4. The summed E-state index contributed by atoms with van der Waals surface area (Å²) < 4.78 is 59.3. The molecule has 1 aliphatic heterocycles. The van der Waals surface area contributed by atoms with E-state index in [1.165, 1.54) is 199 Å². The number of hydrogen-bond donors (Lipinski definition) is 4. The van der Waals surface area contributed by atoms with E-state index in [4.69, 9.17) is 18.9 Å². The first-order valence-corrected chi connectivity index (χ1v) is 28.7. The second kappa shape index (κ2) is 44.3. The Hall–Kier alpha value is -0.900. The Bertz CT molecular complexity index is 1140. The second-order valence-corrected chi connectivity index (χ2v) is 20.2. The fourth-order valence-electron chi connectivity index (χ4n) is 8.85. The predicted octanol–water partition coefficient (Wildman–Crippen LogP) is 12.8. The Balaban J connectivity index is 2.30. The van der Waals surface area contributed by atoms with Crippen LogP contribution in [-0.2, 0) is 38.3 Å². The Kier molecular flexibility index (Phi) is 42.4. The number of carbonyl (C=O) groups is 1. The minimum absolute atomic E-state index is 0.0453. The van der Waals surface area contributed by atoms with E-state index in [-0.39, 0.29) is 25.6 Å². The van der Waals surface area contributed by atoms with Crippen LogP contribution in [-0.4, -0.2) is 97.5 Å². The van der Waals surface area contributed by atoms with Crippen molar-refractivity contribution in [3.05, 3.63) is 0 Å². The number of aliphatic hydroxyl groups is 3. The number of hydrogen-bond acceptors (Lipinski definition) is 11. The maximum absolute atomic E-state index is 12.9. The average Bonchev–Trinajstić information content (AvgIpc) is 3.28. The predicted molar refractivity (Wildman–Crippen MR) is 262 cm³/mol. The van der Waals surface area contributed by atoms with Crippen molar-refractivity contribution in [1.82, 2.24) is 0 Å². The first-order chi connectivity index (χ1) is 31.6. The van der Waals surface area contributed by atoms with E-state index in [1.807, 2.05) is 0 Å². The van der Waals surface area contributed by atoms with E-state index in [1.54, 1.807) is 0 Å². The van der Waals surface area contributed by atoms with Crippen LogP contribution in [0.3, 0.4) is 0 Å². The Morgan fingerprint density at radius 2 is 0.877 bits per heavy atom. The molecule has 388 valence electrons. The van der Waals surface area contributed by atoms with Gasteiger partial charge in [0, 0.05) is 13.0 Å². The molecule has 12 nitrogen and oxygen atoms in total. The van der Waals surface area contributed by atoms with Crippen molar-refractivity contribution in [3.63, 3.8) is 0 Å². The van der Waals surface area contributed by atoms with Crippen molar-refractivity contribution in [2.24, 2.45) is 0 Å². The molecular formula is C52H102O12S. The van der Waals surface area contributed by atoms with Gasteiger partial charge in [-0.25, -0.2) is 4.18 Å². The van der Waals surface area contributed by atoms with Crippen molar-refractivity contribution in [2.75, 3.05) is 26.4 Å². The van der Waals surface area contributed by atoms with Crippen LogP contribution < -0.4 is 0 Å². The zero-order valence-electron chi connectivity index (χ0n) is 41.8. The fourth-order valence-corrected chi connectivity index (χ4v) is 9.36. The number of unbranched alkanes of at least 4 members (excludes halogenated alkanes) is 36. The summed E-state index contributed by atoms with van der Waals surface area (Å²) >= 11 is 0. The Morgan fingerprint density at radius 3 is 1.23 bits per heavy atom. The molecule has 0 aromatic heterocycles. The highest BCUT2D eigenvalue weighted by molar-refractivity contribution is 7.80. The maximum atomic E-state index is 12.9.